The first kappa shape index (κ1) is 13.3. The first-order chi connectivity index (χ1) is 10.1. The van der Waals surface area contributed by atoms with Crippen LogP contribution in [0.1, 0.15) is 31.8 Å². The number of carbonyl (C=O) groups is 2. The molecular formula is C16H15N3O2. The van der Waals surface area contributed by atoms with Gasteiger partial charge in [0.2, 0.25) is 0 Å². The molecule has 5 nitrogen and oxygen atoms in total. The van der Waals surface area contributed by atoms with Gasteiger partial charge in [-0.1, -0.05) is 12.1 Å². The molecule has 0 radical (unpaired) electrons. The lowest BCUT2D eigenvalue weighted by Gasteiger charge is -2.17. The highest BCUT2D eigenvalue weighted by molar-refractivity contribution is 6.21. The van der Waals surface area contributed by atoms with Gasteiger partial charge < -0.3 is 5.32 Å². The summed E-state index contributed by atoms with van der Waals surface area (Å²) >= 11 is 0. The number of fused-ring (bicyclic) bond motifs is 1. The molecule has 0 unspecified atom stereocenters. The van der Waals surface area contributed by atoms with E-state index in [0.717, 1.165) is 16.8 Å². The molecule has 1 N–H and O–H groups in total. The number of hydrogen-bond acceptors (Lipinski definition) is 4. The molecule has 1 aromatic heterocycles. The fourth-order valence-corrected chi connectivity index (χ4v) is 2.37. The zero-order chi connectivity index (χ0) is 15.0. The summed E-state index contributed by atoms with van der Waals surface area (Å²) in [5.74, 6) is -0.587. The second-order valence-corrected chi connectivity index (χ2v) is 5.11. The van der Waals surface area contributed by atoms with Crippen molar-refractivity contribution in [3.8, 4) is 0 Å². The summed E-state index contributed by atoms with van der Waals surface area (Å²) in [7, 11) is 0. The molecule has 2 aromatic rings. The number of pyridine rings is 1. The Morgan fingerprint density at radius 3 is 2.62 bits per heavy atom. The van der Waals surface area contributed by atoms with Crippen LogP contribution in [0.3, 0.4) is 0 Å². The number of aromatic nitrogens is 1. The van der Waals surface area contributed by atoms with Gasteiger partial charge in [-0.05, 0) is 37.1 Å². The van der Waals surface area contributed by atoms with Crippen molar-refractivity contribution >= 4 is 17.5 Å². The Bertz CT molecular complexity index is 705. The Morgan fingerprint density at radius 1 is 1.10 bits per heavy atom. The number of nitrogens with zero attached hydrogens (tertiary/aromatic N) is 2. The van der Waals surface area contributed by atoms with Gasteiger partial charge in [0.25, 0.3) is 11.8 Å². The van der Waals surface area contributed by atoms with E-state index < -0.39 is 0 Å². The van der Waals surface area contributed by atoms with Crippen molar-refractivity contribution in [1.82, 2.24) is 9.88 Å². The maximum Gasteiger partial charge on any atom is 0.264 e. The van der Waals surface area contributed by atoms with Crippen LogP contribution in [0.2, 0.25) is 0 Å². The van der Waals surface area contributed by atoms with Crippen molar-refractivity contribution in [3.05, 3.63) is 58.9 Å². The van der Waals surface area contributed by atoms with Crippen molar-refractivity contribution in [2.75, 3.05) is 12.0 Å². The largest absolute Gasteiger partial charge is 0.367 e. The van der Waals surface area contributed by atoms with Crippen LogP contribution in [0.5, 0.6) is 0 Å². The molecule has 2 amide bonds. The first-order valence-electron chi connectivity index (χ1n) is 6.69. The van der Waals surface area contributed by atoms with Crippen molar-refractivity contribution in [2.24, 2.45) is 0 Å². The standard InChI is InChI=1S/C16H15N3O2/c1-10-3-4-11(2)14(7-10)18-9-19-15(20)12-5-6-17-8-13(12)16(19)21/h3-8,18H,9H2,1-2H3. The third-order valence-electron chi connectivity index (χ3n) is 3.59. The van der Waals surface area contributed by atoms with Crippen molar-refractivity contribution in [3.63, 3.8) is 0 Å². The molecule has 0 fully saturated rings. The lowest BCUT2D eigenvalue weighted by atomic mass is 10.1. The Kier molecular flexibility index (Phi) is 3.17. The normalized spacial score (nSPS) is 13.5. The first-order valence-corrected chi connectivity index (χ1v) is 6.69. The molecule has 3 rings (SSSR count). The number of rotatable bonds is 3. The van der Waals surface area contributed by atoms with Crippen molar-refractivity contribution < 1.29 is 9.59 Å². The van der Waals surface area contributed by atoms with Crippen molar-refractivity contribution in [1.29, 1.82) is 0 Å². The Labute approximate surface area is 122 Å². The highest BCUT2D eigenvalue weighted by Gasteiger charge is 2.35. The van der Waals surface area contributed by atoms with Gasteiger partial charge in [-0.25, -0.2) is 0 Å². The highest BCUT2D eigenvalue weighted by Crippen LogP contribution is 2.22. The molecule has 0 bridgehead atoms. The molecule has 2 heterocycles. The summed E-state index contributed by atoms with van der Waals surface area (Å²) in [6.07, 6.45) is 2.96. The van der Waals surface area contributed by atoms with Crippen LogP contribution in [-0.4, -0.2) is 28.4 Å². The van der Waals surface area contributed by atoms with E-state index in [4.69, 9.17) is 0 Å². The Morgan fingerprint density at radius 2 is 1.86 bits per heavy atom. The number of imide groups is 1. The van der Waals surface area contributed by atoms with E-state index in [0.29, 0.717) is 11.1 Å². The Balaban J connectivity index is 1.80. The molecule has 21 heavy (non-hydrogen) atoms. The van der Waals surface area contributed by atoms with Gasteiger partial charge >= 0.3 is 0 Å². The van der Waals surface area contributed by atoms with E-state index >= 15 is 0 Å². The third-order valence-corrected chi connectivity index (χ3v) is 3.59. The monoisotopic (exact) mass is 281 g/mol. The molecule has 1 aromatic carbocycles. The quantitative estimate of drug-likeness (QED) is 0.877. The minimum Gasteiger partial charge on any atom is -0.367 e. The maximum absolute atomic E-state index is 12.2. The molecule has 0 spiro atoms. The van der Waals surface area contributed by atoms with Gasteiger partial charge in [0.05, 0.1) is 17.8 Å². The van der Waals surface area contributed by atoms with Gasteiger partial charge in [-0.2, -0.15) is 0 Å². The van der Waals surface area contributed by atoms with E-state index in [1.807, 2.05) is 32.0 Å². The molecule has 1 aliphatic rings. The number of aryl methyl sites for hydroxylation is 2. The van der Waals surface area contributed by atoms with Crippen LogP contribution in [0, 0.1) is 13.8 Å². The van der Waals surface area contributed by atoms with Gasteiger partial charge in [-0.15, -0.1) is 0 Å². The van der Waals surface area contributed by atoms with Crippen LogP contribution in [0.15, 0.2) is 36.7 Å². The number of hydrogen-bond donors (Lipinski definition) is 1. The molecule has 0 aliphatic carbocycles. The van der Waals surface area contributed by atoms with E-state index in [-0.39, 0.29) is 18.5 Å². The van der Waals surface area contributed by atoms with Crippen LogP contribution in [0.4, 0.5) is 5.69 Å². The van der Waals surface area contributed by atoms with E-state index in [2.05, 4.69) is 10.3 Å². The minimum absolute atomic E-state index is 0.149. The number of benzene rings is 1. The number of nitrogens with one attached hydrogen (secondary N) is 1. The third kappa shape index (κ3) is 2.27. The predicted molar refractivity (Wildman–Crippen MR) is 79.1 cm³/mol. The molecule has 106 valence electrons. The second kappa shape index (κ2) is 5.01. The van der Waals surface area contributed by atoms with Crippen LogP contribution >= 0.6 is 0 Å². The SMILES string of the molecule is Cc1ccc(C)c(NCN2C(=O)c3ccncc3C2=O)c1. The Hall–Kier alpha value is -2.69. The molecule has 0 atom stereocenters. The number of amides is 2. The number of anilines is 1. The maximum atomic E-state index is 12.2. The van der Waals surface area contributed by atoms with Gasteiger partial charge in [0.15, 0.2) is 0 Å². The lowest BCUT2D eigenvalue weighted by Crippen LogP contribution is -2.34. The zero-order valence-electron chi connectivity index (χ0n) is 11.9. The van der Waals surface area contributed by atoms with Crippen LogP contribution in [0.25, 0.3) is 0 Å². The molecular weight excluding hydrogens is 266 g/mol. The van der Waals surface area contributed by atoms with Crippen LogP contribution < -0.4 is 5.32 Å². The zero-order valence-corrected chi connectivity index (χ0v) is 11.9. The summed E-state index contributed by atoms with van der Waals surface area (Å²) < 4.78 is 0. The summed E-state index contributed by atoms with van der Waals surface area (Å²) in [6.45, 7) is 4.13. The predicted octanol–water partition coefficient (Wildman–Crippen LogP) is 2.36. The summed E-state index contributed by atoms with van der Waals surface area (Å²) in [5, 5.41) is 3.16. The van der Waals surface area contributed by atoms with Crippen molar-refractivity contribution in [2.45, 2.75) is 13.8 Å². The highest BCUT2D eigenvalue weighted by atomic mass is 16.2. The summed E-state index contributed by atoms with van der Waals surface area (Å²) in [6, 6.07) is 7.60. The fourth-order valence-electron chi connectivity index (χ4n) is 2.37. The summed E-state index contributed by atoms with van der Waals surface area (Å²) in [5.41, 5.74) is 3.89. The molecule has 5 heteroatoms. The average Bonchev–Trinajstić information content (AvgIpc) is 2.73. The topological polar surface area (TPSA) is 62.3 Å². The minimum atomic E-state index is -0.305. The molecule has 1 aliphatic heterocycles. The average molecular weight is 281 g/mol. The lowest BCUT2D eigenvalue weighted by molar-refractivity contribution is 0.0665. The van der Waals surface area contributed by atoms with E-state index in [1.165, 1.54) is 17.3 Å². The van der Waals surface area contributed by atoms with Gasteiger partial charge in [-0.3, -0.25) is 19.5 Å². The summed E-state index contributed by atoms with van der Waals surface area (Å²) in [4.78, 5) is 29.5. The van der Waals surface area contributed by atoms with Gasteiger partial charge in [0.1, 0.15) is 0 Å². The smallest absolute Gasteiger partial charge is 0.264 e. The second-order valence-electron chi connectivity index (χ2n) is 5.11. The van der Waals surface area contributed by atoms with Crippen LogP contribution in [-0.2, 0) is 0 Å². The fraction of sp³-hybridized carbons (Fsp3) is 0.188. The number of carbonyl (C=O) groups excluding carboxylic acids is 2. The van der Waals surface area contributed by atoms with E-state index in [9.17, 15) is 9.59 Å². The molecule has 0 saturated heterocycles. The molecule has 0 saturated carbocycles. The van der Waals surface area contributed by atoms with Gasteiger partial charge in [0, 0.05) is 18.1 Å². The van der Waals surface area contributed by atoms with E-state index in [1.54, 1.807) is 6.07 Å².